The molecule has 4 nitrogen and oxygen atoms in total. The molecule has 4 fully saturated rings. The summed E-state index contributed by atoms with van der Waals surface area (Å²) in [6.45, 7) is 7.29. The SMILES string of the molecule is CCS(=O)[C@@H]1CC2=CC(=O)CCC2(C)C2CCC3(C)C(CC[C@@]34CCOC4=O)C21. The topological polar surface area (TPSA) is 60.4 Å². The van der Waals surface area contributed by atoms with Gasteiger partial charge in [0.1, 0.15) is 0 Å². The second kappa shape index (κ2) is 6.51. The van der Waals surface area contributed by atoms with Gasteiger partial charge in [-0.3, -0.25) is 13.8 Å². The number of esters is 1. The molecule has 3 saturated carbocycles. The third kappa shape index (κ3) is 2.46. The minimum Gasteiger partial charge on any atom is -0.465 e. The maximum atomic E-state index is 13.3. The van der Waals surface area contributed by atoms with Crippen LogP contribution in [0.3, 0.4) is 0 Å². The molecular formula is C24H34O4S. The molecule has 1 aliphatic heterocycles. The summed E-state index contributed by atoms with van der Waals surface area (Å²) in [5.74, 6) is 2.23. The van der Waals surface area contributed by atoms with Crippen molar-refractivity contribution in [2.75, 3.05) is 12.4 Å². The molecule has 1 saturated heterocycles. The molecule has 5 heteroatoms. The van der Waals surface area contributed by atoms with E-state index in [0.717, 1.165) is 44.9 Å². The van der Waals surface area contributed by atoms with Gasteiger partial charge in [0, 0.05) is 28.2 Å². The number of carbonyl (C=O) groups excluding carboxylic acids is 2. The van der Waals surface area contributed by atoms with Crippen molar-refractivity contribution < 1.29 is 18.5 Å². The van der Waals surface area contributed by atoms with Gasteiger partial charge in [-0.25, -0.2) is 0 Å². The van der Waals surface area contributed by atoms with E-state index in [-0.39, 0.29) is 33.2 Å². The van der Waals surface area contributed by atoms with Crippen LogP contribution in [0.5, 0.6) is 0 Å². The van der Waals surface area contributed by atoms with Crippen molar-refractivity contribution in [2.45, 2.75) is 77.4 Å². The number of rotatable bonds is 2. The van der Waals surface area contributed by atoms with Gasteiger partial charge in [0.05, 0.1) is 12.0 Å². The molecule has 0 aromatic heterocycles. The number of ketones is 1. The van der Waals surface area contributed by atoms with E-state index in [4.69, 9.17) is 4.74 Å². The van der Waals surface area contributed by atoms with Crippen molar-refractivity contribution in [2.24, 2.45) is 34.0 Å². The summed E-state index contributed by atoms with van der Waals surface area (Å²) >= 11 is 0. The number of ether oxygens (including phenoxy) is 1. The first kappa shape index (κ1) is 20.0. The van der Waals surface area contributed by atoms with Crippen molar-refractivity contribution in [3.63, 3.8) is 0 Å². The van der Waals surface area contributed by atoms with E-state index in [0.29, 0.717) is 36.5 Å². The third-order valence-electron chi connectivity index (χ3n) is 10.1. The van der Waals surface area contributed by atoms with Crippen LogP contribution >= 0.6 is 0 Å². The molecule has 0 aromatic carbocycles. The van der Waals surface area contributed by atoms with E-state index in [2.05, 4.69) is 13.8 Å². The Hall–Kier alpha value is -0.970. The quantitative estimate of drug-likeness (QED) is 0.631. The second-order valence-corrected chi connectivity index (χ2v) is 12.7. The number of hydrogen-bond donors (Lipinski definition) is 0. The zero-order valence-corrected chi connectivity index (χ0v) is 18.8. The van der Waals surface area contributed by atoms with Crippen molar-refractivity contribution in [1.29, 1.82) is 0 Å². The van der Waals surface area contributed by atoms with Gasteiger partial charge >= 0.3 is 5.97 Å². The molecule has 0 amide bonds. The van der Waals surface area contributed by atoms with Crippen molar-refractivity contribution in [3.8, 4) is 0 Å². The summed E-state index contributed by atoms with van der Waals surface area (Å²) in [4.78, 5) is 25.1. The van der Waals surface area contributed by atoms with Gasteiger partial charge in [0.15, 0.2) is 5.78 Å². The summed E-state index contributed by atoms with van der Waals surface area (Å²) < 4.78 is 18.8. The highest BCUT2D eigenvalue weighted by Crippen LogP contribution is 2.72. The molecule has 8 atom stereocenters. The van der Waals surface area contributed by atoms with Gasteiger partial charge in [-0.2, -0.15) is 0 Å². The van der Waals surface area contributed by atoms with Gasteiger partial charge in [-0.1, -0.05) is 26.3 Å². The number of cyclic esters (lactones) is 1. The van der Waals surface area contributed by atoms with Gasteiger partial charge in [-0.15, -0.1) is 0 Å². The standard InChI is InChI=1S/C24H34O4S/c1-4-29(27)19-14-15-13-16(25)5-8-22(15,2)17-6-9-23(3)18(20(17)19)7-10-24(23)11-12-28-21(24)26/h13,17-20H,4-12,14H2,1-3H3/t17?,18?,19-,20?,22?,23?,24+,29?/m1/s1. The Morgan fingerprint density at radius 3 is 2.55 bits per heavy atom. The van der Waals surface area contributed by atoms with Crippen LogP contribution in [0.15, 0.2) is 11.6 Å². The monoisotopic (exact) mass is 418 g/mol. The molecule has 160 valence electrons. The van der Waals surface area contributed by atoms with Gasteiger partial charge in [0.2, 0.25) is 0 Å². The molecule has 4 aliphatic carbocycles. The lowest BCUT2D eigenvalue weighted by atomic mass is 9.45. The summed E-state index contributed by atoms with van der Waals surface area (Å²) in [7, 11) is -0.894. The lowest BCUT2D eigenvalue weighted by molar-refractivity contribution is -0.156. The van der Waals surface area contributed by atoms with Crippen molar-refractivity contribution in [1.82, 2.24) is 0 Å². The van der Waals surface area contributed by atoms with Crippen LogP contribution in [-0.4, -0.2) is 33.6 Å². The molecule has 1 heterocycles. The molecule has 0 bridgehead atoms. The smallest absolute Gasteiger partial charge is 0.312 e. The number of hydrogen-bond acceptors (Lipinski definition) is 4. The maximum absolute atomic E-state index is 13.3. The molecule has 1 spiro atoms. The average Bonchev–Trinajstić information content (AvgIpc) is 3.22. The van der Waals surface area contributed by atoms with E-state index in [1.54, 1.807) is 0 Å². The van der Waals surface area contributed by atoms with E-state index >= 15 is 0 Å². The van der Waals surface area contributed by atoms with E-state index in [1.807, 2.05) is 13.0 Å². The first-order valence-electron chi connectivity index (χ1n) is 11.5. The summed E-state index contributed by atoms with van der Waals surface area (Å²) in [5, 5.41) is 0.118. The maximum Gasteiger partial charge on any atom is 0.312 e. The average molecular weight is 419 g/mol. The Balaban J connectivity index is 1.60. The Morgan fingerprint density at radius 2 is 1.86 bits per heavy atom. The van der Waals surface area contributed by atoms with Crippen LogP contribution in [0.25, 0.3) is 0 Å². The number of carbonyl (C=O) groups is 2. The Kier molecular flexibility index (Phi) is 4.48. The number of allylic oxidation sites excluding steroid dienone is 1. The fourth-order valence-electron chi connectivity index (χ4n) is 8.42. The van der Waals surface area contributed by atoms with Crippen LogP contribution in [-0.2, 0) is 25.1 Å². The van der Waals surface area contributed by atoms with Crippen molar-refractivity contribution in [3.05, 3.63) is 11.6 Å². The highest BCUT2D eigenvalue weighted by molar-refractivity contribution is 7.85. The predicted molar refractivity (Wildman–Crippen MR) is 113 cm³/mol. The van der Waals surface area contributed by atoms with Crippen LogP contribution in [0, 0.1) is 34.0 Å². The molecular weight excluding hydrogens is 384 g/mol. The van der Waals surface area contributed by atoms with Crippen LogP contribution < -0.4 is 0 Å². The van der Waals surface area contributed by atoms with Gasteiger partial charge in [0.25, 0.3) is 0 Å². The fourth-order valence-corrected chi connectivity index (χ4v) is 9.95. The van der Waals surface area contributed by atoms with Crippen LogP contribution in [0.2, 0.25) is 0 Å². The molecule has 29 heavy (non-hydrogen) atoms. The Morgan fingerprint density at radius 1 is 1.10 bits per heavy atom. The lowest BCUT2D eigenvalue weighted by Crippen LogP contribution is -2.58. The highest BCUT2D eigenvalue weighted by Gasteiger charge is 2.69. The highest BCUT2D eigenvalue weighted by atomic mass is 32.2. The molecule has 0 aromatic rings. The molecule has 0 radical (unpaired) electrons. The normalized spacial score (nSPS) is 49.8. The molecule has 5 rings (SSSR count). The summed E-state index contributed by atoms with van der Waals surface area (Å²) in [6, 6.07) is 0. The summed E-state index contributed by atoms with van der Waals surface area (Å²) in [5.41, 5.74) is 0.958. The predicted octanol–water partition coefficient (Wildman–Crippen LogP) is 4.20. The largest absolute Gasteiger partial charge is 0.465 e. The fraction of sp³-hybridized carbons (Fsp3) is 0.833. The second-order valence-electron chi connectivity index (χ2n) is 10.7. The Bertz CT molecular complexity index is 818. The zero-order chi connectivity index (χ0) is 20.6. The minimum atomic E-state index is -0.894. The summed E-state index contributed by atoms with van der Waals surface area (Å²) in [6.07, 6.45) is 9.24. The first-order chi connectivity index (χ1) is 13.8. The zero-order valence-electron chi connectivity index (χ0n) is 18.0. The number of fused-ring (bicyclic) bond motifs is 6. The van der Waals surface area contributed by atoms with E-state index in [1.165, 1.54) is 5.57 Å². The molecule has 0 N–H and O–H groups in total. The first-order valence-corrected chi connectivity index (χ1v) is 12.9. The molecule has 6 unspecified atom stereocenters. The lowest BCUT2D eigenvalue weighted by Gasteiger charge is -2.61. The molecule has 5 aliphatic rings. The third-order valence-corrected chi connectivity index (χ3v) is 11.8. The Labute approximate surface area is 176 Å². The van der Waals surface area contributed by atoms with Gasteiger partial charge in [-0.05, 0) is 79.6 Å². The van der Waals surface area contributed by atoms with Gasteiger partial charge < -0.3 is 4.74 Å². The van der Waals surface area contributed by atoms with E-state index < -0.39 is 10.8 Å². The minimum absolute atomic E-state index is 0.0278. The van der Waals surface area contributed by atoms with Crippen LogP contribution in [0.1, 0.15) is 72.1 Å². The van der Waals surface area contributed by atoms with Crippen molar-refractivity contribution >= 4 is 22.6 Å². The van der Waals surface area contributed by atoms with E-state index in [9.17, 15) is 13.8 Å². The van der Waals surface area contributed by atoms with Crippen LogP contribution in [0.4, 0.5) is 0 Å².